The number of unbranched alkanes of at least 4 members (excludes halogenated alkanes) is 2. The molecule has 1 aliphatic carbocycles. The number of β-amino-alcohol motifs (C(OH)–C–C–N with tert-alkyl or cyclic N) is 1. The maximum Gasteiger partial charge on any atom is 0.251 e. The lowest BCUT2D eigenvalue weighted by atomic mass is 9.49. The van der Waals surface area contributed by atoms with Crippen molar-refractivity contribution in [2.75, 3.05) is 37.4 Å². The SMILES string of the molecule is CC(C)(C)C(NC(=O)COCCCCCNc1ccc(C(=O)N[C@H]2C(C)(C)[C@H](Oc3ccc(C#N)c(Cl)c3)C2(C)C)cc1)C(=O)N1C[C@H](O)C[C@H]1C(=O)NCc1ccc(-c2scnc2N)cc1. The monoisotopic (exact) mass is 954 g/mol. The zero-order chi connectivity index (χ0) is 48.7. The van der Waals surface area contributed by atoms with Crippen LogP contribution < -0.4 is 31.7 Å². The fourth-order valence-electron chi connectivity index (χ4n) is 9.33. The molecule has 0 spiro atoms. The topological polar surface area (TPSA) is 221 Å². The zero-order valence-electron chi connectivity index (χ0n) is 39.3. The molecule has 17 heteroatoms. The maximum atomic E-state index is 14.0. The van der Waals surface area contributed by atoms with Crippen LogP contribution in [0.3, 0.4) is 0 Å². The van der Waals surface area contributed by atoms with Gasteiger partial charge in [-0.1, -0.05) is 84.3 Å². The Morgan fingerprint density at radius 1 is 1.01 bits per heavy atom. The predicted octanol–water partition coefficient (Wildman–Crippen LogP) is 6.94. The minimum absolute atomic E-state index is 0.0197. The Balaban J connectivity index is 0.878. The van der Waals surface area contributed by atoms with Crippen LogP contribution >= 0.6 is 22.9 Å². The summed E-state index contributed by atoms with van der Waals surface area (Å²) in [6.45, 7) is 14.8. The number of ether oxygens (including phenoxy) is 2. The van der Waals surface area contributed by atoms with E-state index in [2.05, 4.69) is 60.0 Å². The summed E-state index contributed by atoms with van der Waals surface area (Å²) in [5.74, 6) is -0.393. The first kappa shape index (κ1) is 50.7. The number of halogens is 1. The van der Waals surface area contributed by atoms with E-state index in [0.717, 1.165) is 41.0 Å². The molecule has 1 aliphatic heterocycles. The number of aromatic nitrogens is 1. The molecule has 67 heavy (non-hydrogen) atoms. The molecular weight excluding hydrogens is 892 g/mol. The highest BCUT2D eigenvalue weighted by Gasteiger charge is 2.64. The number of hydrogen-bond donors (Lipinski definition) is 6. The molecule has 4 amide bonds. The van der Waals surface area contributed by atoms with Crippen molar-refractivity contribution < 1.29 is 33.8 Å². The van der Waals surface area contributed by atoms with Crippen molar-refractivity contribution in [1.29, 1.82) is 5.26 Å². The number of thiazole rings is 1. The second-order valence-corrected chi connectivity index (χ2v) is 20.9. The van der Waals surface area contributed by atoms with E-state index in [1.54, 1.807) is 35.8 Å². The maximum absolute atomic E-state index is 14.0. The van der Waals surface area contributed by atoms with Gasteiger partial charge in [0.25, 0.3) is 5.91 Å². The van der Waals surface area contributed by atoms with E-state index in [4.69, 9.17) is 26.8 Å². The van der Waals surface area contributed by atoms with E-state index >= 15 is 0 Å². The molecule has 1 aromatic heterocycles. The van der Waals surface area contributed by atoms with Gasteiger partial charge in [-0.25, -0.2) is 4.98 Å². The van der Waals surface area contributed by atoms with E-state index < -0.39 is 35.4 Å². The molecule has 0 bridgehead atoms. The highest BCUT2D eigenvalue weighted by atomic mass is 35.5. The zero-order valence-corrected chi connectivity index (χ0v) is 40.9. The number of nitriles is 1. The molecule has 2 aliphatic rings. The second-order valence-electron chi connectivity index (χ2n) is 19.7. The fraction of sp³-hybridized carbons (Fsp3) is 0.480. The number of aliphatic hydroxyl groups excluding tert-OH is 1. The number of anilines is 2. The molecule has 0 radical (unpaired) electrons. The van der Waals surface area contributed by atoms with Crippen LogP contribution in [0.15, 0.2) is 72.2 Å². The number of nitrogens with one attached hydrogen (secondary N) is 4. The van der Waals surface area contributed by atoms with Gasteiger partial charge in [0.2, 0.25) is 17.7 Å². The van der Waals surface area contributed by atoms with Gasteiger partial charge in [-0.2, -0.15) is 5.26 Å². The van der Waals surface area contributed by atoms with Gasteiger partial charge >= 0.3 is 0 Å². The summed E-state index contributed by atoms with van der Waals surface area (Å²) >= 11 is 7.68. The van der Waals surface area contributed by atoms with Crippen LogP contribution in [0.1, 0.15) is 95.6 Å². The summed E-state index contributed by atoms with van der Waals surface area (Å²) in [5, 5.41) is 32.5. The van der Waals surface area contributed by atoms with E-state index in [9.17, 15) is 29.5 Å². The number of amides is 4. The lowest BCUT2D eigenvalue weighted by Crippen LogP contribution is -2.74. The van der Waals surface area contributed by atoms with E-state index in [-0.39, 0.29) is 60.9 Å². The average Bonchev–Trinajstić information content (AvgIpc) is 3.91. The van der Waals surface area contributed by atoms with Crippen molar-refractivity contribution in [3.8, 4) is 22.3 Å². The van der Waals surface area contributed by atoms with Crippen LogP contribution in [0, 0.1) is 27.6 Å². The van der Waals surface area contributed by atoms with Crippen molar-refractivity contribution in [2.24, 2.45) is 16.2 Å². The van der Waals surface area contributed by atoms with Gasteiger partial charge in [0.05, 0.1) is 27.1 Å². The van der Waals surface area contributed by atoms with Gasteiger partial charge in [-0.15, -0.1) is 11.3 Å². The Hall–Kier alpha value is -5.73. The first-order valence-electron chi connectivity index (χ1n) is 22.6. The highest BCUT2D eigenvalue weighted by Crippen LogP contribution is 2.55. The molecule has 3 atom stereocenters. The quantitative estimate of drug-likeness (QED) is 0.0529. The summed E-state index contributed by atoms with van der Waals surface area (Å²) in [4.78, 5) is 60.1. The molecule has 1 unspecified atom stereocenters. The van der Waals surface area contributed by atoms with Crippen molar-refractivity contribution >= 4 is 58.1 Å². The van der Waals surface area contributed by atoms with E-state index in [0.29, 0.717) is 40.9 Å². The summed E-state index contributed by atoms with van der Waals surface area (Å²) in [5.41, 5.74) is 9.80. The number of carbonyl (C=O) groups excluding carboxylic acids is 4. The number of nitrogen functional groups attached to an aromatic ring is 1. The smallest absolute Gasteiger partial charge is 0.251 e. The van der Waals surface area contributed by atoms with Crippen LogP contribution in [0.5, 0.6) is 5.75 Å². The molecule has 3 aromatic carbocycles. The standard InChI is InChI=1S/C50H63ClN8O7S/c1-48(2,3)41(45(64)59-27-35(60)23-38(59)44(63)55-26-30-11-13-31(14-12-30)40-42(53)56-29-67-40)57-39(61)28-65-22-10-8-9-21-54-34-18-15-32(16-19-34)43(62)58-46-49(4,5)47(50(46,6)7)66-36-20-17-33(25-52)37(51)24-36/h11-20,24,29,35,38,41,46-47,54,60H,8-10,21-23,26-28,53H2,1-7H3,(H,55,63)(H,57,61)(H,58,62)/t35-,38+,41?,46-,47-/m1/s1. The number of aliphatic hydroxyl groups is 1. The number of nitrogens with zero attached hydrogens (tertiary/aromatic N) is 3. The van der Waals surface area contributed by atoms with Crippen LogP contribution in [0.2, 0.25) is 5.02 Å². The van der Waals surface area contributed by atoms with Crippen LogP contribution in [-0.2, 0) is 25.7 Å². The van der Waals surface area contributed by atoms with Crippen molar-refractivity contribution in [1.82, 2.24) is 25.8 Å². The minimum Gasteiger partial charge on any atom is -0.489 e. The second kappa shape index (κ2) is 21.5. The molecule has 2 fully saturated rings. The van der Waals surface area contributed by atoms with Crippen molar-refractivity contribution in [3.63, 3.8) is 0 Å². The number of likely N-dealkylation sites (tertiary alicyclic amines) is 1. The third kappa shape index (κ3) is 12.2. The summed E-state index contributed by atoms with van der Waals surface area (Å²) in [6, 6.07) is 20.1. The van der Waals surface area contributed by atoms with Crippen LogP contribution in [0.25, 0.3) is 10.4 Å². The minimum atomic E-state index is -0.955. The average molecular weight is 956 g/mol. The lowest BCUT2D eigenvalue weighted by molar-refractivity contribution is -0.164. The fourth-order valence-corrected chi connectivity index (χ4v) is 10.3. The van der Waals surface area contributed by atoms with Gasteiger partial charge < -0.3 is 46.5 Å². The first-order valence-corrected chi connectivity index (χ1v) is 23.9. The molecule has 2 heterocycles. The van der Waals surface area contributed by atoms with Gasteiger partial charge in [0.15, 0.2) is 0 Å². The Morgan fingerprint density at radius 3 is 2.34 bits per heavy atom. The molecule has 15 nitrogen and oxygen atoms in total. The number of benzene rings is 3. The van der Waals surface area contributed by atoms with Crippen molar-refractivity contribution in [3.05, 3.63) is 94.0 Å². The first-order chi connectivity index (χ1) is 31.7. The van der Waals surface area contributed by atoms with Gasteiger partial charge in [-0.3, -0.25) is 19.2 Å². The van der Waals surface area contributed by atoms with Gasteiger partial charge in [0.1, 0.15) is 42.4 Å². The lowest BCUT2D eigenvalue weighted by Gasteiger charge is -2.63. The number of rotatable bonds is 19. The van der Waals surface area contributed by atoms with E-state index in [1.807, 2.05) is 57.2 Å². The Labute approximate surface area is 402 Å². The Morgan fingerprint density at radius 2 is 1.72 bits per heavy atom. The molecule has 7 N–H and O–H groups in total. The summed E-state index contributed by atoms with van der Waals surface area (Å²) in [7, 11) is 0. The van der Waals surface area contributed by atoms with Crippen molar-refractivity contribution in [2.45, 2.75) is 111 Å². The van der Waals surface area contributed by atoms with E-state index in [1.165, 1.54) is 16.2 Å². The molecule has 1 saturated carbocycles. The molecular formula is C50H63ClN8O7S. The Bertz CT molecular complexity index is 2410. The molecule has 6 rings (SSSR count). The predicted molar refractivity (Wildman–Crippen MR) is 260 cm³/mol. The molecule has 4 aromatic rings. The number of hydrogen-bond acceptors (Lipinski definition) is 12. The third-order valence-corrected chi connectivity index (χ3v) is 13.9. The number of nitrogens with two attached hydrogens (primary N) is 1. The molecule has 358 valence electrons. The van der Waals surface area contributed by atoms with Gasteiger partial charge in [-0.05, 0) is 72.2 Å². The van der Waals surface area contributed by atoms with Gasteiger partial charge in [0, 0.05) is 66.9 Å². The van der Waals surface area contributed by atoms with Crippen LogP contribution in [0.4, 0.5) is 11.5 Å². The summed E-state index contributed by atoms with van der Waals surface area (Å²) < 4.78 is 12.0. The van der Waals surface area contributed by atoms with Crippen LogP contribution in [-0.4, -0.2) is 95.3 Å². The largest absolute Gasteiger partial charge is 0.489 e. The third-order valence-electron chi connectivity index (χ3n) is 12.7. The normalized spacial score (nSPS) is 19.9. The highest BCUT2D eigenvalue weighted by molar-refractivity contribution is 7.13. The Kier molecular flexibility index (Phi) is 16.3. The number of carbonyl (C=O) groups is 4. The molecule has 1 saturated heterocycles. The summed E-state index contributed by atoms with van der Waals surface area (Å²) in [6.07, 6.45) is 1.44.